The number of aromatic nitrogens is 4. The highest BCUT2D eigenvalue weighted by molar-refractivity contribution is 7.89. The average molecular weight is 598 g/mol. The monoisotopic (exact) mass is 597 g/mol. The van der Waals surface area contributed by atoms with Crippen LogP contribution in [-0.2, 0) is 21.3 Å². The molecule has 0 atom stereocenters. The maximum atomic E-state index is 13.0. The summed E-state index contributed by atoms with van der Waals surface area (Å²) in [6.45, 7) is 5.61. The third kappa shape index (κ3) is 5.70. The normalized spacial score (nSPS) is 17.2. The zero-order valence-electron chi connectivity index (χ0n) is 22.9. The van der Waals surface area contributed by atoms with Crippen LogP contribution in [0.3, 0.4) is 0 Å². The molecule has 2 aliphatic heterocycles. The Balaban J connectivity index is 1.26. The van der Waals surface area contributed by atoms with Gasteiger partial charge in [0, 0.05) is 56.9 Å². The van der Waals surface area contributed by atoms with E-state index in [1.165, 1.54) is 7.11 Å². The molecule has 3 aromatic heterocycles. The minimum absolute atomic E-state index is 0.203. The molecular weight excluding hydrogens is 566 g/mol. The van der Waals surface area contributed by atoms with Gasteiger partial charge in [-0.1, -0.05) is 18.2 Å². The van der Waals surface area contributed by atoms with Gasteiger partial charge < -0.3 is 19.1 Å². The minimum Gasteiger partial charge on any atom is -0.480 e. The van der Waals surface area contributed by atoms with Crippen LogP contribution in [-0.4, -0.2) is 104 Å². The molecule has 0 aliphatic carbocycles. The molecule has 0 N–H and O–H groups in total. The van der Waals surface area contributed by atoms with E-state index >= 15 is 0 Å². The quantitative estimate of drug-likeness (QED) is 0.298. The topological polar surface area (TPSA) is 123 Å². The second kappa shape index (κ2) is 11.8. The fraction of sp³-hybridized carbons (Fsp3) is 0.407. The van der Waals surface area contributed by atoms with Crippen molar-refractivity contribution in [2.24, 2.45) is 0 Å². The van der Waals surface area contributed by atoms with Crippen molar-refractivity contribution in [2.75, 3.05) is 71.6 Å². The van der Waals surface area contributed by atoms with Crippen molar-refractivity contribution in [1.29, 1.82) is 0 Å². The SMILES string of the molecule is COc1ncc(-c2nc(N3CCOCC3)c3sc(CN4CCN(S(=O)(=O)c5ccccc5)CC4)cc3n2)c(OC)n1. The molecular formula is C27H31N7O5S2. The van der Waals surface area contributed by atoms with E-state index < -0.39 is 10.0 Å². The maximum Gasteiger partial charge on any atom is 0.319 e. The molecule has 0 unspecified atom stereocenters. The number of hydrogen-bond donors (Lipinski definition) is 0. The fourth-order valence-corrected chi connectivity index (χ4v) is 7.60. The summed E-state index contributed by atoms with van der Waals surface area (Å²) in [6.07, 6.45) is 1.62. The zero-order valence-corrected chi connectivity index (χ0v) is 24.5. The zero-order chi connectivity index (χ0) is 28.4. The smallest absolute Gasteiger partial charge is 0.319 e. The molecule has 5 heterocycles. The molecule has 4 aromatic rings. The highest BCUT2D eigenvalue weighted by Crippen LogP contribution is 2.37. The number of nitrogens with zero attached hydrogens (tertiary/aromatic N) is 7. The van der Waals surface area contributed by atoms with E-state index in [1.807, 2.05) is 6.07 Å². The van der Waals surface area contributed by atoms with Gasteiger partial charge in [0.1, 0.15) is 5.56 Å². The summed E-state index contributed by atoms with van der Waals surface area (Å²) >= 11 is 1.67. The third-order valence-electron chi connectivity index (χ3n) is 7.16. The fourth-order valence-electron chi connectivity index (χ4n) is 5.00. The molecule has 6 rings (SSSR count). The Morgan fingerprint density at radius 1 is 0.951 bits per heavy atom. The summed E-state index contributed by atoms with van der Waals surface area (Å²) < 4.78 is 44.9. The number of ether oxygens (including phenoxy) is 3. The molecule has 2 saturated heterocycles. The number of fused-ring (bicyclic) bond motifs is 1. The second-order valence-electron chi connectivity index (χ2n) is 9.67. The molecule has 2 aliphatic rings. The Bertz CT molecular complexity index is 1620. The first-order chi connectivity index (χ1) is 20.0. The van der Waals surface area contributed by atoms with Crippen LogP contribution in [0.15, 0.2) is 47.5 Å². The van der Waals surface area contributed by atoms with Crippen molar-refractivity contribution in [1.82, 2.24) is 29.1 Å². The van der Waals surface area contributed by atoms with Gasteiger partial charge in [0.2, 0.25) is 15.9 Å². The standard InChI is InChI=1S/C27H31N7O5S2/c1-37-26-21(17-28-27(31-26)38-2)24-29-22-16-19(40-23(22)25(30-24)33-12-14-39-15-13-33)18-32-8-10-34(11-9-32)41(35,36)20-6-4-3-5-7-20/h3-7,16-17H,8-15,18H2,1-2H3. The molecule has 0 spiro atoms. The first-order valence-corrected chi connectivity index (χ1v) is 15.6. The molecule has 12 nitrogen and oxygen atoms in total. The van der Waals surface area contributed by atoms with Gasteiger partial charge in [-0.25, -0.2) is 23.4 Å². The number of hydrogen-bond acceptors (Lipinski definition) is 12. The van der Waals surface area contributed by atoms with E-state index in [9.17, 15) is 8.42 Å². The summed E-state index contributed by atoms with van der Waals surface area (Å²) in [6, 6.07) is 10.9. The Morgan fingerprint density at radius 3 is 2.41 bits per heavy atom. The lowest BCUT2D eigenvalue weighted by atomic mass is 10.2. The molecule has 41 heavy (non-hydrogen) atoms. The number of piperazine rings is 1. The van der Waals surface area contributed by atoms with Crippen molar-refractivity contribution in [3.63, 3.8) is 0 Å². The van der Waals surface area contributed by atoms with Crippen molar-refractivity contribution < 1.29 is 22.6 Å². The van der Waals surface area contributed by atoms with E-state index in [4.69, 9.17) is 24.2 Å². The third-order valence-corrected chi connectivity index (χ3v) is 10.2. The predicted octanol–water partition coefficient (Wildman–Crippen LogP) is 2.51. The van der Waals surface area contributed by atoms with Crippen LogP contribution in [0, 0.1) is 0 Å². The summed E-state index contributed by atoms with van der Waals surface area (Å²) in [7, 11) is -0.447. The number of thiophene rings is 1. The molecule has 0 saturated carbocycles. The van der Waals surface area contributed by atoms with Gasteiger partial charge in [-0.3, -0.25) is 4.90 Å². The molecule has 1 aromatic carbocycles. The van der Waals surface area contributed by atoms with E-state index in [0.29, 0.717) is 68.1 Å². The number of rotatable bonds is 8. The summed E-state index contributed by atoms with van der Waals surface area (Å²) in [5.41, 5.74) is 1.41. The van der Waals surface area contributed by atoms with Crippen molar-refractivity contribution in [3.05, 3.63) is 47.5 Å². The number of sulfonamides is 1. The number of benzene rings is 1. The van der Waals surface area contributed by atoms with Crippen LogP contribution in [0.25, 0.3) is 21.6 Å². The largest absolute Gasteiger partial charge is 0.480 e. The van der Waals surface area contributed by atoms with Crippen LogP contribution in [0.5, 0.6) is 11.9 Å². The molecule has 2 fully saturated rings. The molecule has 216 valence electrons. The highest BCUT2D eigenvalue weighted by atomic mass is 32.2. The van der Waals surface area contributed by atoms with Crippen LogP contribution in [0.4, 0.5) is 5.82 Å². The Hall–Kier alpha value is -3.43. The van der Waals surface area contributed by atoms with Gasteiger partial charge in [-0.05, 0) is 18.2 Å². The second-order valence-corrected chi connectivity index (χ2v) is 12.7. The lowest BCUT2D eigenvalue weighted by Crippen LogP contribution is -2.48. The Kier molecular flexibility index (Phi) is 7.99. The lowest BCUT2D eigenvalue weighted by molar-refractivity contribution is 0.122. The number of methoxy groups -OCH3 is 2. The van der Waals surface area contributed by atoms with Crippen LogP contribution >= 0.6 is 11.3 Å². The van der Waals surface area contributed by atoms with E-state index in [-0.39, 0.29) is 6.01 Å². The van der Waals surface area contributed by atoms with Gasteiger partial charge in [-0.2, -0.15) is 9.29 Å². The summed E-state index contributed by atoms with van der Waals surface area (Å²) in [4.78, 5) is 24.4. The highest BCUT2D eigenvalue weighted by Gasteiger charge is 2.29. The summed E-state index contributed by atoms with van der Waals surface area (Å²) in [5, 5.41) is 0. The Morgan fingerprint density at radius 2 is 1.71 bits per heavy atom. The van der Waals surface area contributed by atoms with Crippen molar-refractivity contribution >= 4 is 37.4 Å². The van der Waals surface area contributed by atoms with Crippen LogP contribution < -0.4 is 14.4 Å². The average Bonchev–Trinajstić information content (AvgIpc) is 3.43. The van der Waals surface area contributed by atoms with Crippen molar-refractivity contribution in [3.8, 4) is 23.3 Å². The van der Waals surface area contributed by atoms with Crippen LogP contribution in [0.2, 0.25) is 0 Å². The minimum atomic E-state index is -3.49. The molecule has 0 bridgehead atoms. The molecule has 0 amide bonds. The Labute approximate surface area is 242 Å². The van der Waals surface area contributed by atoms with Gasteiger partial charge >= 0.3 is 6.01 Å². The van der Waals surface area contributed by atoms with E-state index in [1.54, 1.807) is 53.2 Å². The first-order valence-electron chi connectivity index (χ1n) is 13.3. The molecule has 0 radical (unpaired) electrons. The van der Waals surface area contributed by atoms with Crippen molar-refractivity contribution in [2.45, 2.75) is 11.4 Å². The maximum absolute atomic E-state index is 13.0. The van der Waals surface area contributed by atoms with Gasteiger partial charge in [-0.15, -0.1) is 11.3 Å². The van der Waals surface area contributed by atoms with E-state index in [2.05, 4.69) is 25.8 Å². The van der Waals surface area contributed by atoms with Gasteiger partial charge in [0.25, 0.3) is 0 Å². The predicted molar refractivity (Wildman–Crippen MR) is 155 cm³/mol. The first kappa shape index (κ1) is 27.7. The lowest BCUT2D eigenvalue weighted by Gasteiger charge is -2.33. The molecule has 14 heteroatoms. The summed E-state index contributed by atoms with van der Waals surface area (Å²) in [5.74, 6) is 1.66. The number of morpholine rings is 1. The van der Waals surface area contributed by atoms with Gasteiger partial charge in [0.15, 0.2) is 11.6 Å². The number of anilines is 1. The van der Waals surface area contributed by atoms with Crippen LogP contribution in [0.1, 0.15) is 4.88 Å². The van der Waals surface area contributed by atoms with E-state index in [0.717, 1.165) is 34.0 Å². The van der Waals surface area contributed by atoms with Gasteiger partial charge in [0.05, 0.1) is 42.5 Å².